The number of nitrogens with zero attached hydrogens (tertiary/aromatic N) is 3. The zero-order valence-corrected chi connectivity index (χ0v) is 12.4. The van der Waals surface area contributed by atoms with Crippen LogP contribution in [0.15, 0.2) is 48.9 Å². The van der Waals surface area contributed by atoms with Gasteiger partial charge in [0, 0.05) is 38.3 Å². The van der Waals surface area contributed by atoms with Gasteiger partial charge in [0.15, 0.2) is 0 Å². The molecule has 22 heavy (non-hydrogen) atoms. The molecule has 0 unspecified atom stereocenters. The minimum atomic E-state index is 0.109. The molecule has 1 aliphatic rings. The molecule has 1 aromatic carbocycles. The molecule has 0 aliphatic carbocycles. The van der Waals surface area contributed by atoms with E-state index in [9.17, 15) is 4.79 Å². The Morgan fingerprint density at radius 2 is 1.95 bits per heavy atom. The molecule has 1 saturated heterocycles. The summed E-state index contributed by atoms with van der Waals surface area (Å²) in [6.45, 7) is 1.47. The summed E-state index contributed by atoms with van der Waals surface area (Å²) in [5, 5.41) is 0. The summed E-state index contributed by atoms with van der Waals surface area (Å²) in [5.41, 5.74) is 1.06. The third-order valence-corrected chi connectivity index (χ3v) is 3.82. The van der Waals surface area contributed by atoms with Crippen LogP contribution in [-0.2, 0) is 11.2 Å². The molecule has 0 atom stereocenters. The highest BCUT2D eigenvalue weighted by Gasteiger charge is 2.24. The average molecular weight is 297 g/mol. The first kappa shape index (κ1) is 14.5. The fourth-order valence-corrected chi connectivity index (χ4v) is 2.62. The second-order valence-corrected chi connectivity index (χ2v) is 5.40. The predicted octanol–water partition coefficient (Wildman–Crippen LogP) is 2.09. The molecule has 5 heteroatoms. The Kier molecular flexibility index (Phi) is 4.63. The Morgan fingerprint density at radius 1 is 1.18 bits per heavy atom. The van der Waals surface area contributed by atoms with Crippen LogP contribution in [0, 0.1) is 0 Å². The van der Waals surface area contributed by atoms with Crippen molar-refractivity contribution >= 4 is 5.91 Å². The number of hydrogen-bond acceptors (Lipinski definition) is 4. The van der Waals surface area contributed by atoms with Gasteiger partial charge in [-0.25, -0.2) is 4.98 Å². The smallest absolute Gasteiger partial charge is 0.232 e. The van der Waals surface area contributed by atoms with E-state index in [0.29, 0.717) is 12.3 Å². The lowest BCUT2D eigenvalue weighted by Gasteiger charge is -2.32. The fourth-order valence-electron chi connectivity index (χ4n) is 2.62. The zero-order valence-electron chi connectivity index (χ0n) is 12.4. The van der Waals surface area contributed by atoms with Gasteiger partial charge in [-0.2, -0.15) is 0 Å². The lowest BCUT2D eigenvalue weighted by molar-refractivity contribution is -0.132. The first-order chi connectivity index (χ1) is 10.8. The number of piperidine rings is 1. The van der Waals surface area contributed by atoms with Gasteiger partial charge >= 0.3 is 0 Å². The molecular weight excluding hydrogens is 278 g/mol. The number of carbonyl (C=O) groups excluding carboxylic acids is 1. The van der Waals surface area contributed by atoms with E-state index in [4.69, 9.17) is 4.74 Å². The Morgan fingerprint density at radius 3 is 2.64 bits per heavy atom. The van der Waals surface area contributed by atoms with E-state index in [1.165, 1.54) is 0 Å². The van der Waals surface area contributed by atoms with Crippen LogP contribution >= 0.6 is 0 Å². The first-order valence-electron chi connectivity index (χ1n) is 7.55. The maximum Gasteiger partial charge on any atom is 0.232 e. The van der Waals surface area contributed by atoms with E-state index in [-0.39, 0.29) is 12.0 Å². The van der Waals surface area contributed by atoms with E-state index < -0.39 is 0 Å². The maximum absolute atomic E-state index is 12.3. The Balaban J connectivity index is 1.48. The first-order valence-corrected chi connectivity index (χ1v) is 7.55. The van der Waals surface area contributed by atoms with Crippen LogP contribution < -0.4 is 4.74 Å². The Labute approximate surface area is 130 Å². The van der Waals surface area contributed by atoms with E-state index in [1.54, 1.807) is 18.6 Å². The van der Waals surface area contributed by atoms with Gasteiger partial charge in [-0.1, -0.05) is 30.3 Å². The number of aromatic nitrogens is 2. The van der Waals surface area contributed by atoms with Gasteiger partial charge in [-0.15, -0.1) is 0 Å². The third-order valence-electron chi connectivity index (χ3n) is 3.82. The van der Waals surface area contributed by atoms with Gasteiger partial charge in [-0.05, 0) is 5.56 Å². The average Bonchev–Trinajstić information content (AvgIpc) is 2.57. The number of hydrogen-bond donors (Lipinski definition) is 0. The van der Waals surface area contributed by atoms with Crippen LogP contribution in [0.4, 0.5) is 0 Å². The molecule has 1 aliphatic heterocycles. The van der Waals surface area contributed by atoms with Gasteiger partial charge < -0.3 is 9.64 Å². The lowest BCUT2D eigenvalue weighted by atomic mass is 10.1. The number of likely N-dealkylation sites (tertiary alicyclic amines) is 1. The van der Waals surface area contributed by atoms with Crippen LogP contribution in [0.5, 0.6) is 5.88 Å². The number of carbonyl (C=O) groups is 1. The highest BCUT2D eigenvalue weighted by Crippen LogP contribution is 2.17. The van der Waals surface area contributed by atoms with Gasteiger partial charge in [0.05, 0.1) is 12.6 Å². The van der Waals surface area contributed by atoms with Gasteiger partial charge in [0.2, 0.25) is 11.8 Å². The molecule has 2 aromatic rings. The minimum absolute atomic E-state index is 0.109. The topological polar surface area (TPSA) is 55.3 Å². The van der Waals surface area contributed by atoms with Crippen molar-refractivity contribution in [2.75, 3.05) is 13.1 Å². The van der Waals surface area contributed by atoms with Crippen molar-refractivity contribution in [3.05, 3.63) is 54.5 Å². The molecule has 1 aromatic heterocycles. The molecule has 0 spiro atoms. The molecule has 1 fully saturated rings. The number of rotatable bonds is 4. The third kappa shape index (κ3) is 3.81. The van der Waals surface area contributed by atoms with Gasteiger partial charge in [-0.3, -0.25) is 9.78 Å². The van der Waals surface area contributed by atoms with Crippen molar-refractivity contribution in [2.24, 2.45) is 0 Å². The highest BCUT2D eigenvalue weighted by atomic mass is 16.5. The van der Waals surface area contributed by atoms with Crippen LogP contribution in [0.1, 0.15) is 18.4 Å². The van der Waals surface area contributed by atoms with Crippen LogP contribution in [0.25, 0.3) is 0 Å². The normalized spacial score (nSPS) is 15.5. The van der Waals surface area contributed by atoms with Gasteiger partial charge in [0.1, 0.15) is 6.10 Å². The molecular formula is C17H19N3O2. The summed E-state index contributed by atoms with van der Waals surface area (Å²) < 4.78 is 5.79. The second kappa shape index (κ2) is 7.02. The van der Waals surface area contributed by atoms with Crippen molar-refractivity contribution in [1.82, 2.24) is 14.9 Å². The number of ether oxygens (including phenoxy) is 1. The summed E-state index contributed by atoms with van der Waals surface area (Å²) in [6, 6.07) is 9.86. The molecule has 2 heterocycles. The van der Waals surface area contributed by atoms with Gasteiger partial charge in [0.25, 0.3) is 0 Å². The van der Waals surface area contributed by atoms with Crippen molar-refractivity contribution < 1.29 is 9.53 Å². The molecule has 3 rings (SSSR count). The van der Waals surface area contributed by atoms with Crippen molar-refractivity contribution in [3.63, 3.8) is 0 Å². The minimum Gasteiger partial charge on any atom is -0.473 e. The molecule has 0 N–H and O–H groups in total. The highest BCUT2D eigenvalue weighted by molar-refractivity contribution is 5.78. The quantitative estimate of drug-likeness (QED) is 0.867. The number of benzene rings is 1. The Hall–Kier alpha value is -2.43. The van der Waals surface area contributed by atoms with E-state index in [1.807, 2.05) is 35.2 Å². The van der Waals surface area contributed by atoms with E-state index >= 15 is 0 Å². The molecule has 0 bridgehead atoms. The van der Waals surface area contributed by atoms with Crippen LogP contribution in [0.2, 0.25) is 0 Å². The summed E-state index contributed by atoms with van der Waals surface area (Å²) in [5.74, 6) is 0.737. The second-order valence-electron chi connectivity index (χ2n) is 5.40. The summed E-state index contributed by atoms with van der Waals surface area (Å²) in [6.07, 6.45) is 7.10. The monoisotopic (exact) mass is 297 g/mol. The standard InChI is InChI=1S/C17H19N3O2/c21-17(12-14-4-2-1-3-5-14)20-10-6-15(7-11-20)22-16-13-18-8-9-19-16/h1-5,8-9,13,15H,6-7,10-12H2. The Bertz CT molecular complexity index is 596. The molecule has 0 radical (unpaired) electrons. The van der Waals surface area contributed by atoms with E-state index in [2.05, 4.69) is 9.97 Å². The lowest BCUT2D eigenvalue weighted by Crippen LogP contribution is -2.42. The molecule has 114 valence electrons. The van der Waals surface area contributed by atoms with E-state index in [0.717, 1.165) is 31.5 Å². The van der Waals surface area contributed by atoms with Crippen molar-refractivity contribution in [1.29, 1.82) is 0 Å². The van der Waals surface area contributed by atoms with Crippen LogP contribution in [-0.4, -0.2) is 40.0 Å². The fraction of sp³-hybridized carbons (Fsp3) is 0.353. The molecule has 1 amide bonds. The summed E-state index contributed by atoms with van der Waals surface area (Å²) in [7, 11) is 0. The summed E-state index contributed by atoms with van der Waals surface area (Å²) in [4.78, 5) is 22.3. The van der Waals surface area contributed by atoms with Crippen molar-refractivity contribution in [3.8, 4) is 5.88 Å². The largest absolute Gasteiger partial charge is 0.473 e. The number of amides is 1. The van der Waals surface area contributed by atoms with Crippen molar-refractivity contribution in [2.45, 2.75) is 25.4 Å². The predicted molar refractivity (Wildman–Crippen MR) is 82.4 cm³/mol. The SMILES string of the molecule is O=C(Cc1ccccc1)N1CCC(Oc2cnccn2)CC1. The summed E-state index contributed by atoms with van der Waals surface area (Å²) >= 11 is 0. The van der Waals surface area contributed by atoms with Crippen LogP contribution in [0.3, 0.4) is 0 Å². The zero-order chi connectivity index (χ0) is 15.2. The molecule has 0 saturated carbocycles. The maximum atomic E-state index is 12.3. The molecule has 5 nitrogen and oxygen atoms in total.